The molecule has 1 amide bonds. The largest absolute Gasteiger partial charge is 0.511 e. The molecule has 2 atom stereocenters. The monoisotopic (exact) mass is 648 g/mol. The van der Waals surface area contributed by atoms with Crippen molar-refractivity contribution in [2.24, 2.45) is 5.73 Å². The molecule has 0 aliphatic heterocycles. The molecule has 0 spiro atoms. The normalized spacial score (nSPS) is 10.5. The van der Waals surface area contributed by atoms with Gasteiger partial charge in [0, 0.05) is 11.6 Å². The van der Waals surface area contributed by atoms with Crippen molar-refractivity contribution >= 4 is 41.2 Å². The first-order chi connectivity index (χ1) is 21.4. The van der Waals surface area contributed by atoms with Crippen LogP contribution in [0.1, 0.15) is 27.7 Å². The molecule has 0 radical (unpaired) electrons. The predicted octanol–water partition coefficient (Wildman–Crippen LogP) is 5.79. The Kier molecular flexibility index (Phi) is 21.5. The van der Waals surface area contributed by atoms with Gasteiger partial charge in [-0.05, 0) is 64.1 Å². The van der Waals surface area contributed by atoms with Gasteiger partial charge >= 0.3 is 29.6 Å². The van der Waals surface area contributed by atoms with E-state index in [0.29, 0.717) is 23.9 Å². The first kappa shape index (κ1) is 39.9. The Morgan fingerprint density at radius 3 is 1.40 bits per heavy atom. The Hall–Kier alpha value is -5.14. The molecule has 0 saturated carbocycles. The number of carboxylic acid groups (broad SMARTS) is 1. The number of hydrogen-bond donors (Lipinski definition) is 3. The molecule has 0 heterocycles. The van der Waals surface area contributed by atoms with Crippen molar-refractivity contribution in [1.82, 2.24) is 5.32 Å². The van der Waals surface area contributed by atoms with E-state index >= 15 is 0 Å². The molecule has 4 N–H and O–H groups in total. The molecule has 0 aliphatic carbocycles. The number of carbonyl (C=O) groups excluding carboxylic acids is 4. The highest BCUT2D eigenvalue weighted by Gasteiger charge is 2.17. The Bertz CT molecular complexity index is 1230. The van der Waals surface area contributed by atoms with Crippen LogP contribution in [-0.2, 0) is 19.1 Å². The fourth-order valence-electron chi connectivity index (χ4n) is 2.57. The van der Waals surface area contributed by atoms with Gasteiger partial charge in [-0.15, -0.1) is 0 Å². The topological polar surface area (TPSA) is 190 Å². The van der Waals surface area contributed by atoms with Gasteiger partial charge in [0.2, 0.25) is 0 Å². The van der Waals surface area contributed by atoms with E-state index in [1.54, 1.807) is 99.6 Å². The summed E-state index contributed by atoms with van der Waals surface area (Å²) in [6.45, 7) is 7.26. The summed E-state index contributed by atoms with van der Waals surface area (Å²) in [5, 5.41) is 10.5. The minimum atomic E-state index is -1.29. The molecule has 3 rings (SSSR count). The van der Waals surface area contributed by atoms with E-state index in [1.807, 2.05) is 12.1 Å². The summed E-state index contributed by atoms with van der Waals surface area (Å²) in [5.41, 5.74) is 4.33. The summed E-state index contributed by atoms with van der Waals surface area (Å²) in [7, 11) is 0. The number of nitrogens with two attached hydrogens (primary N) is 1. The smallest absolute Gasteiger partial charge is 0.465 e. The minimum absolute atomic E-state index is 0.276. The SMILES string of the molecule is CCOC(=O)C(C)N.CCOC(=O)C(C)NC(=O)Oc1ccccc1.O=C(Cl)Oc1ccccc1.O=C(O)Oc1ccccc1. The number of amides is 1. The first-order valence-corrected chi connectivity index (χ1v) is 13.8. The highest BCUT2D eigenvalue weighted by molar-refractivity contribution is 6.61. The van der Waals surface area contributed by atoms with Gasteiger partial charge in [0.1, 0.15) is 29.3 Å². The summed E-state index contributed by atoms with van der Waals surface area (Å²) in [4.78, 5) is 53.1. The number of benzene rings is 3. The summed E-state index contributed by atoms with van der Waals surface area (Å²) in [5.74, 6) is 0.392. The van der Waals surface area contributed by atoms with E-state index in [2.05, 4.69) is 19.5 Å². The number of esters is 2. The number of para-hydroxylation sites is 3. The zero-order valence-corrected chi connectivity index (χ0v) is 26.0. The average molecular weight is 649 g/mol. The second kappa shape index (κ2) is 24.3. The third kappa shape index (κ3) is 22.1. The molecule has 14 heteroatoms. The van der Waals surface area contributed by atoms with Crippen LogP contribution in [0.25, 0.3) is 0 Å². The lowest BCUT2D eigenvalue weighted by Crippen LogP contribution is -2.41. The molecule has 0 aliphatic rings. The molecular weight excluding hydrogens is 612 g/mol. The van der Waals surface area contributed by atoms with Gasteiger partial charge in [0.25, 0.3) is 0 Å². The molecule has 13 nitrogen and oxygen atoms in total. The maximum atomic E-state index is 11.4. The molecule has 45 heavy (non-hydrogen) atoms. The maximum absolute atomic E-state index is 11.4. The Labute approximate surface area is 266 Å². The summed E-state index contributed by atoms with van der Waals surface area (Å²) < 4.78 is 23.1. The number of ether oxygens (including phenoxy) is 5. The lowest BCUT2D eigenvalue weighted by atomic mass is 10.3. The van der Waals surface area contributed by atoms with Gasteiger partial charge in [0.05, 0.1) is 13.2 Å². The highest BCUT2D eigenvalue weighted by Crippen LogP contribution is 2.10. The van der Waals surface area contributed by atoms with Crippen LogP contribution >= 0.6 is 11.6 Å². The maximum Gasteiger partial charge on any atom is 0.511 e. The molecule has 0 saturated heterocycles. The molecule has 244 valence electrons. The second-order valence-electron chi connectivity index (χ2n) is 8.20. The third-order valence-electron chi connectivity index (χ3n) is 4.48. The zero-order valence-electron chi connectivity index (χ0n) is 25.2. The van der Waals surface area contributed by atoms with Crippen molar-refractivity contribution in [3.8, 4) is 17.2 Å². The van der Waals surface area contributed by atoms with Crippen LogP contribution in [0, 0.1) is 0 Å². The number of nitrogens with one attached hydrogen (secondary N) is 1. The van der Waals surface area contributed by atoms with Gasteiger partial charge < -0.3 is 39.8 Å². The number of rotatable bonds is 8. The van der Waals surface area contributed by atoms with E-state index < -0.39 is 35.7 Å². The lowest BCUT2D eigenvalue weighted by Gasteiger charge is -2.12. The van der Waals surface area contributed by atoms with Gasteiger partial charge in [0.15, 0.2) is 0 Å². The van der Waals surface area contributed by atoms with E-state index in [0.717, 1.165) is 0 Å². The minimum Gasteiger partial charge on any atom is -0.465 e. The Morgan fingerprint density at radius 1 is 0.689 bits per heavy atom. The fourth-order valence-corrected chi connectivity index (χ4v) is 2.66. The van der Waals surface area contributed by atoms with Crippen LogP contribution < -0.4 is 25.3 Å². The number of carbonyl (C=O) groups is 5. The van der Waals surface area contributed by atoms with Crippen LogP contribution in [0.15, 0.2) is 91.0 Å². The summed E-state index contributed by atoms with van der Waals surface area (Å²) >= 11 is 4.95. The Balaban J connectivity index is 0.000000602. The van der Waals surface area contributed by atoms with E-state index in [4.69, 9.17) is 31.9 Å². The fraction of sp³-hybridized carbons (Fsp3) is 0.258. The van der Waals surface area contributed by atoms with E-state index in [-0.39, 0.29) is 12.6 Å². The zero-order chi connectivity index (χ0) is 34.0. The Morgan fingerprint density at radius 2 is 1.07 bits per heavy atom. The lowest BCUT2D eigenvalue weighted by molar-refractivity contribution is -0.145. The first-order valence-electron chi connectivity index (χ1n) is 13.4. The highest BCUT2D eigenvalue weighted by atomic mass is 35.5. The molecule has 0 fully saturated rings. The van der Waals surface area contributed by atoms with Crippen molar-refractivity contribution in [2.75, 3.05) is 13.2 Å². The van der Waals surface area contributed by atoms with Crippen LogP contribution in [0.3, 0.4) is 0 Å². The molecule has 3 aromatic rings. The summed E-state index contributed by atoms with van der Waals surface area (Å²) in [6.07, 6.45) is -1.97. The van der Waals surface area contributed by atoms with Crippen molar-refractivity contribution in [1.29, 1.82) is 0 Å². The van der Waals surface area contributed by atoms with Crippen LogP contribution in [0.2, 0.25) is 0 Å². The van der Waals surface area contributed by atoms with E-state index in [1.165, 1.54) is 6.92 Å². The predicted molar refractivity (Wildman–Crippen MR) is 165 cm³/mol. The molecule has 2 unspecified atom stereocenters. The van der Waals surface area contributed by atoms with Crippen LogP contribution in [0.5, 0.6) is 17.2 Å². The standard InChI is InChI=1S/C12H15NO4.C7H5ClO2.C7H6O3.C5H11NO2/c1-3-16-11(14)9(2)13-12(15)17-10-7-5-4-6-8-10;2*8-7(9)10-6-4-2-1-3-5-6;1-3-8-5(7)4(2)6/h4-9H,3H2,1-2H3,(H,13,15);1-5H;1-5H,(H,8,9);4H,3,6H2,1-2H3. The number of halogens is 1. The van der Waals surface area contributed by atoms with Gasteiger partial charge in [-0.3, -0.25) is 4.79 Å². The van der Waals surface area contributed by atoms with Crippen molar-refractivity contribution in [2.45, 2.75) is 39.8 Å². The number of hydrogen-bond acceptors (Lipinski definition) is 11. The summed E-state index contributed by atoms with van der Waals surface area (Å²) in [6, 6.07) is 24.4. The van der Waals surface area contributed by atoms with Crippen molar-refractivity contribution < 1.29 is 52.8 Å². The van der Waals surface area contributed by atoms with E-state index in [9.17, 15) is 24.0 Å². The third-order valence-corrected chi connectivity index (χ3v) is 4.55. The van der Waals surface area contributed by atoms with Gasteiger partial charge in [-0.1, -0.05) is 54.6 Å². The molecule has 3 aromatic carbocycles. The molecule has 0 bridgehead atoms. The molecule has 0 aromatic heterocycles. The van der Waals surface area contributed by atoms with Crippen LogP contribution in [-0.4, -0.2) is 60.0 Å². The van der Waals surface area contributed by atoms with Gasteiger partial charge in [-0.25, -0.2) is 19.2 Å². The van der Waals surface area contributed by atoms with Gasteiger partial charge in [-0.2, -0.15) is 0 Å². The van der Waals surface area contributed by atoms with Crippen molar-refractivity contribution in [3.05, 3.63) is 91.0 Å². The molecular formula is C31H37ClN2O11. The van der Waals surface area contributed by atoms with Crippen molar-refractivity contribution in [3.63, 3.8) is 0 Å². The van der Waals surface area contributed by atoms with Crippen LogP contribution in [0.4, 0.5) is 14.4 Å². The average Bonchev–Trinajstić information content (AvgIpc) is 2.99. The second-order valence-corrected chi connectivity index (χ2v) is 8.50. The quantitative estimate of drug-likeness (QED) is 0.152.